The van der Waals surface area contributed by atoms with E-state index in [0.717, 1.165) is 16.4 Å². The van der Waals surface area contributed by atoms with Crippen LogP contribution in [0.15, 0.2) is 47.4 Å². The van der Waals surface area contributed by atoms with Crippen molar-refractivity contribution in [2.24, 2.45) is 0 Å². The lowest BCUT2D eigenvalue weighted by Crippen LogP contribution is -2.63. The van der Waals surface area contributed by atoms with Crippen LogP contribution in [0.4, 0.5) is 8.78 Å². The van der Waals surface area contributed by atoms with Crippen LogP contribution in [0.25, 0.3) is 0 Å². The van der Waals surface area contributed by atoms with E-state index >= 15 is 0 Å². The Morgan fingerprint density at radius 1 is 0.979 bits per heavy atom. The number of rotatable bonds is 4. The number of benzene rings is 2. The number of hydrogen-bond donors (Lipinski definition) is 4. The Labute approximate surface area is 274 Å². The van der Waals surface area contributed by atoms with Crippen molar-refractivity contribution in [1.29, 1.82) is 0 Å². The van der Waals surface area contributed by atoms with Crippen molar-refractivity contribution in [1.82, 2.24) is 24.7 Å². The first-order valence-electron chi connectivity index (χ1n) is 15.1. The molecular formula is C30H34ClF2N5O8S. The number of sulfonamides is 1. The molecule has 4 N–H and O–H groups in total. The van der Waals surface area contributed by atoms with E-state index in [9.17, 15) is 41.8 Å². The summed E-state index contributed by atoms with van der Waals surface area (Å²) in [6.45, 7) is -0.746. The van der Waals surface area contributed by atoms with Gasteiger partial charge in [0.25, 0.3) is 0 Å². The lowest BCUT2D eigenvalue weighted by atomic mass is 10.0. The molecular weight excluding hydrogens is 664 g/mol. The van der Waals surface area contributed by atoms with Crippen molar-refractivity contribution >= 4 is 39.3 Å². The Hall–Kier alpha value is -3.25. The Morgan fingerprint density at radius 3 is 2.49 bits per heavy atom. The van der Waals surface area contributed by atoms with Gasteiger partial charge >= 0.3 is 0 Å². The van der Waals surface area contributed by atoms with Crippen LogP contribution in [0.2, 0.25) is 5.02 Å². The largest absolute Gasteiger partial charge is 0.388 e. The standard InChI is InChI=1S/C30H34ClF2N5O8S/c31-20-5-4-16(8-21(20)33)13-37-14-18-10-22(37)30(43)36-6-7-38(47(44,45)19-3-1-2-17(32)9-19)23(15-36)29(42)34-12-25-28(41)27(40)24(46-25)11-26(39)35-18/h1-5,8-9,18,22-25,27-28,40-41H,6-7,10-15H2,(H,34,42)(H,35,39)/t18-,22-,23-,24-,25+,27-,28+/m0/s1. The molecule has 0 aliphatic carbocycles. The molecule has 4 heterocycles. The molecule has 13 nitrogen and oxygen atoms in total. The number of aliphatic hydroxyl groups is 2. The molecule has 2 aromatic rings. The van der Waals surface area contributed by atoms with Crippen LogP contribution in [-0.4, -0.2) is 126 Å². The molecule has 2 aromatic carbocycles. The number of ether oxygens (including phenoxy) is 1. The number of piperazine rings is 1. The second kappa shape index (κ2) is 13.3. The van der Waals surface area contributed by atoms with Gasteiger partial charge in [-0.15, -0.1) is 0 Å². The van der Waals surface area contributed by atoms with Crippen molar-refractivity contribution < 1.29 is 46.5 Å². The predicted molar refractivity (Wildman–Crippen MR) is 161 cm³/mol. The fourth-order valence-corrected chi connectivity index (χ4v) is 8.42. The minimum absolute atomic E-state index is 0.0654. The fraction of sp³-hybridized carbons (Fsp3) is 0.500. The van der Waals surface area contributed by atoms with Gasteiger partial charge in [0.05, 0.1) is 28.5 Å². The van der Waals surface area contributed by atoms with E-state index in [1.807, 2.05) is 0 Å². The second-order valence-electron chi connectivity index (χ2n) is 12.2. The van der Waals surface area contributed by atoms with Crippen LogP contribution in [0.3, 0.4) is 0 Å². The van der Waals surface area contributed by atoms with Gasteiger partial charge in [-0.05, 0) is 42.3 Å². The van der Waals surface area contributed by atoms with Gasteiger partial charge in [0.15, 0.2) is 0 Å². The summed E-state index contributed by atoms with van der Waals surface area (Å²) in [5.41, 5.74) is 0.522. The summed E-state index contributed by atoms with van der Waals surface area (Å²) in [6, 6.07) is 5.83. The van der Waals surface area contributed by atoms with Gasteiger partial charge in [0, 0.05) is 45.3 Å². The molecule has 4 fully saturated rings. The molecule has 47 heavy (non-hydrogen) atoms. The topological polar surface area (TPSA) is 169 Å². The Balaban J connectivity index is 1.33. The first-order chi connectivity index (χ1) is 22.3. The molecule has 0 saturated carbocycles. The molecule has 4 aliphatic rings. The van der Waals surface area contributed by atoms with E-state index in [1.165, 1.54) is 29.2 Å². The van der Waals surface area contributed by atoms with Gasteiger partial charge in [0.1, 0.15) is 36.0 Å². The third kappa shape index (κ3) is 6.86. The van der Waals surface area contributed by atoms with Crippen LogP contribution >= 0.6 is 11.6 Å². The van der Waals surface area contributed by atoms with E-state index < -0.39 is 81.9 Å². The molecule has 3 amide bonds. The molecule has 6 bridgehead atoms. The van der Waals surface area contributed by atoms with Gasteiger partial charge in [-0.1, -0.05) is 23.7 Å². The summed E-state index contributed by atoms with van der Waals surface area (Å²) in [6.07, 6.45) is -5.26. The first-order valence-corrected chi connectivity index (χ1v) is 17.0. The highest BCUT2D eigenvalue weighted by Crippen LogP contribution is 2.29. The summed E-state index contributed by atoms with van der Waals surface area (Å²) < 4.78 is 62.4. The fourth-order valence-electron chi connectivity index (χ4n) is 6.70. The lowest BCUT2D eigenvalue weighted by molar-refractivity contribution is -0.140. The lowest BCUT2D eigenvalue weighted by Gasteiger charge is -2.41. The molecule has 7 atom stereocenters. The van der Waals surface area contributed by atoms with Crippen molar-refractivity contribution in [2.75, 3.05) is 32.7 Å². The number of nitrogens with zero attached hydrogens (tertiary/aromatic N) is 3. The van der Waals surface area contributed by atoms with E-state index in [4.69, 9.17) is 16.3 Å². The van der Waals surface area contributed by atoms with Crippen molar-refractivity contribution in [3.05, 3.63) is 64.7 Å². The van der Waals surface area contributed by atoms with E-state index in [2.05, 4.69) is 10.6 Å². The molecule has 0 radical (unpaired) electrons. The Bertz CT molecular complexity index is 1670. The molecule has 6 rings (SSSR count). The van der Waals surface area contributed by atoms with Crippen molar-refractivity contribution in [2.45, 2.75) is 66.8 Å². The molecule has 254 valence electrons. The zero-order chi connectivity index (χ0) is 33.6. The molecule has 0 spiro atoms. The summed E-state index contributed by atoms with van der Waals surface area (Å²) in [7, 11) is -4.41. The number of carbonyl (C=O) groups is 3. The van der Waals surface area contributed by atoms with Crippen molar-refractivity contribution in [3.63, 3.8) is 0 Å². The maximum Gasteiger partial charge on any atom is 0.244 e. The number of amides is 3. The van der Waals surface area contributed by atoms with Gasteiger partial charge in [-0.25, -0.2) is 17.2 Å². The number of aliphatic hydroxyl groups excluding tert-OH is 2. The quantitative estimate of drug-likeness (QED) is 0.332. The van der Waals surface area contributed by atoms with E-state index in [0.29, 0.717) is 5.56 Å². The SMILES string of the molecule is O=C1C[C@@H]2O[C@H](CNC(=O)[C@@H]3CN(CCN3S(=O)(=O)c3cccc(F)c3)C(=O)[C@@H]3C[C@@H](CN3Cc3ccc(Cl)c(F)c3)N1)[C@@H](O)[C@H]2O. The maximum absolute atomic E-state index is 14.3. The average molecular weight is 698 g/mol. The monoisotopic (exact) mass is 697 g/mol. The molecule has 0 unspecified atom stereocenters. The van der Waals surface area contributed by atoms with Crippen LogP contribution in [-0.2, 0) is 35.7 Å². The number of carbonyl (C=O) groups excluding carboxylic acids is 3. The van der Waals surface area contributed by atoms with Gasteiger partial charge in [-0.3, -0.25) is 19.3 Å². The number of nitrogens with one attached hydrogen (secondary N) is 2. The Morgan fingerprint density at radius 2 is 1.74 bits per heavy atom. The third-order valence-corrected chi connectivity index (χ3v) is 11.3. The van der Waals surface area contributed by atoms with Crippen LogP contribution < -0.4 is 10.6 Å². The normalized spacial score (nSPS) is 31.1. The van der Waals surface area contributed by atoms with Gasteiger partial charge in [-0.2, -0.15) is 4.31 Å². The van der Waals surface area contributed by atoms with Gasteiger partial charge in [0.2, 0.25) is 27.7 Å². The predicted octanol–water partition coefficient (Wildman–Crippen LogP) is -0.412. The van der Waals surface area contributed by atoms with Crippen LogP contribution in [0, 0.1) is 11.6 Å². The number of halogens is 3. The average Bonchev–Trinajstić information content (AvgIpc) is 3.55. The minimum Gasteiger partial charge on any atom is -0.388 e. The van der Waals surface area contributed by atoms with Crippen LogP contribution in [0.5, 0.6) is 0 Å². The third-order valence-electron chi connectivity index (χ3n) is 9.10. The molecule has 4 aliphatic heterocycles. The number of hydrogen-bond acceptors (Lipinski definition) is 9. The highest BCUT2D eigenvalue weighted by atomic mass is 35.5. The molecule has 4 saturated heterocycles. The number of likely N-dealkylation sites (tertiary alicyclic amines) is 1. The summed E-state index contributed by atoms with van der Waals surface area (Å²) in [5, 5.41) is 26.6. The first kappa shape index (κ1) is 33.6. The van der Waals surface area contributed by atoms with Crippen LogP contribution in [0.1, 0.15) is 18.4 Å². The van der Waals surface area contributed by atoms with Crippen molar-refractivity contribution in [3.8, 4) is 0 Å². The van der Waals surface area contributed by atoms with E-state index in [-0.39, 0.29) is 62.0 Å². The second-order valence-corrected chi connectivity index (χ2v) is 14.5. The zero-order valence-electron chi connectivity index (χ0n) is 25.0. The Kier molecular flexibility index (Phi) is 9.55. The smallest absolute Gasteiger partial charge is 0.244 e. The highest BCUT2D eigenvalue weighted by molar-refractivity contribution is 7.89. The zero-order valence-corrected chi connectivity index (χ0v) is 26.5. The minimum atomic E-state index is -4.41. The van der Waals surface area contributed by atoms with Gasteiger partial charge < -0.3 is 30.5 Å². The molecule has 0 aromatic heterocycles. The number of fused-ring (bicyclic) bond motifs is 6. The highest BCUT2D eigenvalue weighted by Gasteiger charge is 2.48. The summed E-state index contributed by atoms with van der Waals surface area (Å²) in [5.74, 6) is -3.13. The molecule has 17 heteroatoms. The summed E-state index contributed by atoms with van der Waals surface area (Å²) in [4.78, 5) is 43.6. The summed E-state index contributed by atoms with van der Waals surface area (Å²) >= 11 is 5.85. The van der Waals surface area contributed by atoms with E-state index in [1.54, 1.807) is 11.0 Å². The maximum atomic E-state index is 14.3.